The number of rotatable bonds is 7. The van der Waals surface area contributed by atoms with Gasteiger partial charge in [-0.2, -0.15) is 0 Å². The van der Waals surface area contributed by atoms with E-state index in [4.69, 9.17) is 23.9 Å². The van der Waals surface area contributed by atoms with Crippen LogP contribution in [0.1, 0.15) is 49.7 Å². The summed E-state index contributed by atoms with van der Waals surface area (Å²) in [6, 6.07) is 11.3. The number of nitrogens with zero attached hydrogens (tertiary/aromatic N) is 1. The van der Waals surface area contributed by atoms with Gasteiger partial charge < -0.3 is 18.9 Å². The predicted octanol–water partition coefficient (Wildman–Crippen LogP) is 5.61. The van der Waals surface area contributed by atoms with E-state index in [2.05, 4.69) is 15.9 Å². The molecule has 0 amide bonds. The van der Waals surface area contributed by atoms with E-state index in [0.29, 0.717) is 47.1 Å². The number of ketones is 1. The normalized spacial score (nSPS) is 21.4. The van der Waals surface area contributed by atoms with Crippen LogP contribution < -0.4 is 14.2 Å². The maximum atomic E-state index is 13.8. The molecular weight excluding hydrogens is 526 g/mol. The molecule has 1 unspecified atom stereocenters. The van der Waals surface area contributed by atoms with Gasteiger partial charge in [0.15, 0.2) is 17.3 Å². The molecular formula is C28H30BrNO6. The number of hydrogen-bond acceptors (Lipinski definition) is 7. The van der Waals surface area contributed by atoms with Crippen LogP contribution in [-0.4, -0.2) is 45.4 Å². The van der Waals surface area contributed by atoms with Crippen molar-refractivity contribution in [1.82, 2.24) is 0 Å². The lowest BCUT2D eigenvalue weighted by atomic mass is 9.69. The van der Waals surface area contributed by atoms with Gasteiger partial charge in [0.2, 0.25) is 0 Å². The van der Waals surface area contributed by atoms with Gasteiger partial charge in [0, 0.05) is 39.4 Å². The number of halogens is 1. The summed E-state index contributed by atoms with van der Waals surface area (Å²) < 4.78 is 22.8. The van der Waals surface area contributed by atoms with Crippen molar-refractivity contribution in [3.05, 3.63) is 63.3 Å². The van der Waals surface area contributed by atoms with E-state index in [-0.39, 0.29) is 18.3 Å². The molecule has 7 nitrogen and oxygen atoms in total. The number of esters is 1. The van der Waals surface area contributed by atoms with E-state index in [1.165, 1.54) is 0 Å². The number of Topliss-reactive ketones (excluding diaryl/α,β-unsaturated/α-hetero) is 1. The molecule has 1 aliphatic carbocycles. The van der Waals surface area contributed by atoms with Gasteiger partial charge in [0.25, 0.3) is 0 Å². The molecule has 0 bridgehead atoms. The van der Waals surface area contributed by atoms with Crippen LogP contribution in [0.4, 0.5) is 0 Å². The summed E-state index contributed by atoms with van der Waals surface area (Å²) in [6.07, 6.45) is 0.863. The van der Waals surface area contributed by atoms with Crippen LogP contribution in [0.2, 0.25) is 0 Å². The third-order valence-corrected chi connectivity index (χ3v) is 7.33. The lowest BCUT2D eigenvalue weighted by Crippen LogP contribution is -2.38. The topological polar surface area (TPSA) is 83.4 Å². The second kappa shape index (κ2) is 10.9. The molecule has 190 valence electrons. The van der Waals surface area contributed by atoms with E-state index in [1.54, 1.807) is 28.3 Å². The van der Waals surface area contributed by atoms with Crippen LogP contribution in [0.5, 0.6) is 17.2 Å². The first-order chi connectivity index (χ1) is 17.3. The van der Waals surface area contributed by atoms with Crippen LogP contribution in [0.3, 0.4) is 0 Å². The molecule has 2 aromatic rings. The first-order valence-electron chi connectivity index (χ1n) is 11.9. The first-order valence-corrected chi connectivity index (χ1v) is 12.7. The number of aliphatic imine (C=N–C) groups is 1. The molecule has 2 aliphatic rings. The van der Waals surface area contributed by atoms with Gasteiger partial charge in [-0.1, -0.05) is 22.0 Å². The molecule has 0 N–H and O–H groups in total. The molecule has 1 heterocycles. The maximum Gasteiger partial charge on any atom is 0.315 e. The second-order valence-corrected chi connectivity index (χ2v) is 9.77. The number of allylic oxidation sites excluding steroid dienone is 2. The molecule has 4 rings (SSSR count). The highest BCUT2D eigenvalue weighted by Gasteiger charge is 2.45. The minimum Gasteiger partial charge on any atom is -0.496 e. The Morgan fingerprint density at radius 3 is 2.36 bits per heavy atom. The average Bonchev–Trinajstić information content (AvgIpc) is 2.87. The van der Waals surface area contributed by atoms with Crippen molar-refractivity contribution in [3.63, 3.8) is 0 Å². The zero-order valence-electron chi connectivity index (χ0n) is 21.1. The van der Waals surface area contributed by atoms with E-state index < -0.39 is 17.8 Å². The first kappa shape index (κ1) is 25.9. The Bertz CT molecular complexity index is 1250. The predicted molar refractivity (Wildman–Crippen MR) is 140 cm³/mol. The molecule has 2 aromatic carbocycles. The Balaban J connectivity index is 1.83. The maximum absolute atomic E-state index is 13.8. The third kappa shape index (κ3) is 4.78. The van der Waals surface area contributed by atoms with Crippen LogP contribution in [0.15, 0.2) is 57.1 Å². The van der Waals surface area contributed by atoms with E-state index in [0.717, 1.165) is 15.6 Å². The van der Waals surface area contributed by atoms with Gasteiger partial charge >= 0.3 is 5.97 Å². The standard InChI is InChI=1S/C28H30BrNO6/c1-6-36-28(32)25-15(2)30-20-11-17(16-7-9-23(34-4)24(13-16)35-5)12-21(31)27(20)26(25)19-14-18(29)8-10-22(19)33-3/h7-10,13-14,17,25-26H,6,11-12H2,1-5H3/t17-,25?,26+/m1/s1. The Hall–Kier alpha value is -3.13. The minimum absolute atomic E-state index is 0.0337. The monoisotopic (exact) mass is 555 g/mol. The lowest BCUT2D eigenvalue weighted by molar-refractivity contribution is -0.146. The molecule has 0 fully saturated rings. The molecule has 0 radical (unpaired) electrons. The van der Waals surface area contributed by atoms with Crippen molar-refractivity contribution in [2.45, 2.75) is 38.5 Å². The average molecular weight is 556 g/mol. The summed E-state index contributed by atoms with van der Waals surface area (Å²) >= 11 is 3.54. The molecule has 1 aliphatic heterocycles. The fourth-order valence-electron chi connectivity index (χ4n) is 5.22. The van der Waals surface area contributed by atoms with Crippen molar-refractivity contribution in [1.29, 1.82) is 0 Å². The number of hydrogen-bond donors (Lipinski definition) is 0. The quantitative estimate of drug-likeness (QED) is 0.412. The molecule has 8 heteroatoms. The number of methoxy groups -OCH3 is 3. The second-order valence-electron chi connectivity index (χ2n) is 8.85. The van der Waals surface area contributed by atoms with Gasteiger partial charge in [-0.05, 0) is 62.1 Å². The van der Waals surface area contributed by atoms with Crippen molar-refractivity contribution in [3.8, 4) is 17.2 Å². The molecule has 3 atom stereocenters. The third-order valence-electron chi connectivity index (χ3n) is 6.83. The number of carbonyl (C=O) groups excluding carboxylic acids is 2. The highest BCUT2D eigenvalue weighted by molar-refractivity contribution is 9.10. The summed E-state index contributed by atoms with van der Waals surface area (Å²) in [5.74, 6) is 0.0846. The van der Waals surface area contributed by atoms with Crippen LogP contribution in [-0.2, 0) is 14.3 Å². The van der Waals surface area contributed by atoms with E-state index in [1.807, 2.05) is 43.3 Å². The summed E-state index contributed by atoms with van der Waals surface area (Å²) in [5, 5.41) is 0. The Morgan fingerprint density at radius 2 is 1.69 bits per heavy atom. The molecule has 36 heavy (non-hydrogen) atoms. The number of ether oxygens (including phenoxy) is 4. The molecule has 0 saturated carbocycles. The SMILES string of the molecule is CCOC(=O)C1C(C)=NC2=C(C(=O)C[C@H](c3ccc(OC)c(OC)c3)C2)[C@H]1c1cc(Br)ccc1OC. The lowest BCUT2D eigenvalue weighted by Gasteiger charge is -2.37. The van der Waals surface area contributed by atoms with Crippen LogP contribution >= 0.6 is 15.9 Å². The van der Waals surface area contributed by atoms with Crippen molar-refractivity contribution in [2.24, 2.45) is 10.9 Å². The van der Waals surface area contributed by atoms with Crippen LogP contribution in [0, 0.1) is 5.92 Å². The zero-order valence-corrected chi connectivity index (χ0v) is 22.7. The highest BCUT2D eigenvalue weighted by atomic mass is 79.9. The molecule has 0 saturated heterocycles. The van der Waals surface area contributed by atoms with Crippen molar-refractivity contribution >= 4 is 33.4 Å². The van der Waals surface area contributed by atoms with Crippen LogP contribution in [0.25, 0.3) is 0 Å². The largest absolute Gasteiger partial charge is 0.496 e. The van der Waals surface area contributed by atoms with E-state index in [9.17, 15) is 9.59 Å². The molecule has 0 aromatic heterocycles. The van der Waals surface area contributed by atoms with Gasteiger partial charge in [-0.3, -0.25) is 14.6 Å². The minimum atomic E-state index is -0.714. The van der Waals surface area contributed by atoms with Gasteiger partial charge in [-0.25, -0.2) is 0 Å². The van der Waals surface area contributed by atoms with Crippen molar-refractivity contribution in [2.75, 3.05) is 27.9 Å². The fraction of sp³-hybridized carbons (Fsp3) is 0.393. The number of carbonyl (C=O) groups is 2. The Kier molecular flexibility index (Phi) is 7.83. The smallest absolute Gasteiger partial charge is 0.315 e. The van der Waals surface area contributed by atoms with Crippen molar-refractivity contribution < 1.29 is 28.5 Å². The van der Waals surface area contributed by atoms with E-state index >= 15 is 0 Å². The highest BCUT2D eigenvalue weighted by Crippen LogP contribution is 2.49. The Morgan fingerprint density at radius 1 is 1.00 bits per heavy atom. The van der Waals surface area contributed by atoms with Gasteiger partial charge in [0.1, 0.15) is 11.7 Å². The van der Waals surface area contributed by atoms with Gasteiger partial charge in [-0.15, -0.1) is 0 Å². The fourth-order valence-corrected chi connectivity index (χ4v) is 5.60. The summed E-state index contributed by atoms with van der Waals surface area (Å²) in [6.45, 7) is 3.84. The zero-order chi connectivity index (χ0) is 26.0. The molecule has 0 spiro atoms. The van der Waals surface area contributed by atoms with Gasteiger partial charge in [0.05, 0.1) is 27.9 Å². The number of benzene rings is 2. The summed E-state index contributed by atoms with van der Waals surface area (Å²) in [5.41, 5.74) is 3.62. The summed E-state index contributed by atoms with van der Waals surface area (Å²) in [7, 11) is 4.77. The summed E-state index contributed by atoms with van der Waals surface area (Å²) in [4.78, 5) is 31.8. The Labute approximate surface area is 219 Å².